The molecule has 1 aromatic heterocycles. The number of aromatic nitrogens is 2. The van der Waals surface area contributed by atoms with Crippen LogP contribution in [0.25, 0.3) is 0 Å². The zero-order chi connectivity index (χ0) is 21.9. The molecule has 3 rings (SSSR count). The highest BCUT2D eigenvalue weighted by Crippen LogP contribution is 2.36. The Balaban J connectivity index is 1.94. The molecule has 0 unspecified atom stereocenters. The Kier molecular flexibility index (Phi) is 6.14. The van der Waals surface area contributed by atoms with Gasteiger partial charge in [-0.3, -0.25) is 0 Å². The van der Waals surface area contributed by atoms with Gasteiger partial charge >= 0.3 is 6.18 Å². The highest BCUT2D eigenvalue weighted by Gasteiger charge is 2.35. The Morgan fingerprint density at radius 1 is 1.00 bits per heavy atom. The summed E-state index contributed by atoms with van der Waals surface area (Å²) in [5, 5.41) is 2.75. The first kappa shape index (κ1) is 21.4. The second kappa shape index (κ2) is 8.61. The van der Waals surface area contributed by atoms with Gasteiger partial charge < -0.3 is 15.0 Å². The maximum Gasteiger partial charge on any atom is 0.421 e. The maximum absolute atomic E-state index is 13.5. The molecule has 0 amide bonds. The van der Waals surface area contributed by atoms with E-state index in [1.54, 1.807) is 36.2 Å². The van der Waals surface area contributed by atoms with Crippen LogP contribution < -0.4 is 15.0 Å². The molecule has 158 valence electrons. The van der Waals surface area contributed by atoms with Gasteiger partial charge in [-0.2, -0.15) is 18.2 Å². The summed E-state index contributed by atoms with van der Waals surface area (Å²) in [6.45, 7) is 4.18. The topological polar surface area (TPSA) is 50.3 Å². The van der Waals surface area contributed by atoms with Crippen LogP contribution >= 0.6 is 0 Å². The molecule has 2 aromatic carbocycles. The third-order valence-electron chi connectivity index (χ3n) is 4.68. The molecule has 8 heteroatoms. The predicted molar refractivity (Wildman–Crippen MR) is 112 cm³/mol. The van der Waals surface area contributed by atoms with Crippen molar-refractivity contribution < 1.29 is 17.9 Å². The smallest absolute Gasteiger partial charge is 0.421 e. The van der Waals surface area contributed by atoms with Gasteiger partial charge in [0.1, 0.15) is 17.1 Å². The number of rotatable bonds is 6. The summed E-state index contributed by atoms with van der Waals surface area (Å²) in [6, 6.07) is 14.3. The van der Waals surface area contributed by atoms with Crippen LogP contribution in [0.3, 0.4) is 0 Å². The van der Waals surface area contributed by atoms with Crippen molar-refractivity contribution >= 4 is 23.1 Å². The van der Waals surface area contributed by atoms with E-state index in [0.717, 1.165) is 11.9 Å². The molecule has 1 heterocycles. The monoisotopic (exact) mass is 416 g/mol. The van der Waals surface area contributed by atoms with E-state index in [-0.39, 0.29) is 11.8 Å². The number of hydrogen-bond donors (Lipinski definition) is 1. The third-order valence-corrected chi connectivity index (χ3v) is 4.68. The lowest BCUT2D eigenvalue weighted by Crippen LogP contribution is -2.17. The van der Waals surface area contributed by atoms with Crippen molar-refractivity contribution in [1.29, 1.82) is 0 Å². The summed E-state index contributed by atoms with van der Waals surface area (Å²) >= 11 is 0. The van der Waals surface area contributed by atoms with Crippen molar-refractivity contribution in [1.82, 2.24) is 9.97 Å². The lowest BCUT2D eigenvalue weighted by atomic mass is 10.0. The number of ether oxygens (including phenoxy) is 1. The van der Waals surface area contributed by atoms with Crippen LogP contribution in [-0.2, 0) is 6.18 Å². The fourth-order valence-electron chi connectivity index (χ4n) is 2.85. The van der Waals surface area contributed by atoms with Crippen molar-refractivity contribution in [2.75, 3.05) is 24.4 Å². The molecule has 5 nitrogen and oxygen atoms in total. The average molecular weight is 416 g/mol. The van der Waals surface area contributed by atoms with Crippen molar-refractivity contribution in [2.45, 2.75) is 25.9 Å². The molecule has 30 heavy (non-hydrogen) atoms. The minimum absolute atomic E-state index is 0.149. The number of hydrogen-bond acceptors (Lipinski definition) is 5. The van der Waals surface area contributed by atoms with Gasteiger partial charge in [0.15, 0.2) is 0 Å². The molecule has 0 atom stereocenters. The predicted octanol–water partition coefficient (Wildman–Crippen LogP) is 6.14. The van der Waals surface area contributed by atoms with Crippen LogP contribution in [0.1, 0.15) is 30.9 Å². The standard InChI is InChI=1S/C22H23F3N4O/c1-14(2)15-5-9-17(10-6-15)29(3)21-26-13-19(22(23,24)25)20(28-21)27-16-7-11-18(30-4)12-8-16/h5-14H,1-4H3,(H,26,27,28). The van der Waals surface area contributed by atoms with Crippen LogP contribution in [0.2, 0.25) is 0 Å². The molecule has 0 fully saturated rings. The summed E-state index contributed by atoms with van der Waals surface area (Å²) < 4.78 is 45.6. The normalized spacial score (nSPS) is 11.5. The SMILES string of the molecule is COc1ccc(Nc2nc(N(C)c3ccc(C(C)C)cc3)ncc2C(F)(F)F)cc1. The minimum atomic E-state index is -4.59. The minimum Gasteiger partial charge on any atom is -0.497 e. The fraction of sp³-hybridized carbons (Fsp3) is 0.273. The number of halogens is 3. The van der Waals surface area contributed by atoms with Gasteiger partial charge in [0.2, 0.25) is 5.95 Å². The Labute approximate surface area is 173 Å². The number of methoxy groups -OCH3 is 1. The summed E-state index contributed by atoms with van der Waals surface area (Å²) in [5.41, 5.74) is 1.46. The molecular weight excluding hydrogens is 393 g/mol. The van der Waals surface area contributed by atoms with Crippen LogP contribution in [0, 0.1) is 0 Å². The van der Waals surface area contributed by atoms with E-state index in [2.05, 4.69) is 29.1 Å². The first-order valence-corrected chi connectivity index (χ1v) is 9.38. The molecule has 3 aromatic rings. The van der Waals surface area contributed by atoms with E-state index < -0.39 is 11.7 Å². The van der Waals surface area contributed by atoms with Gasteiger partial charge in [0.25, 0.3) is 0 Å². The van der Waals surface area contributed by atoms with Gasteiger partial charge in [0, 0.05) is 24.6 Å². The van der Waals surface area contributed by atoms with Crippen LogP contribution in [0.4, 0.5) is 36.3 Å². The molecule has 0 radical (unpaired) electrons. The zero-order valence-corrected chi connectivity index (χ0v) is 17.2. The van der Waals surface area contributed by atoms with Crippen LogP contribution in [0.15, 0.2) is 54.7 Å². The van der Waals surface area contributed by atoms with E-state index in [0.29, 0.717) is 17.4 Å². The van der Waals surface area contributed by atoms with Gasteiger partial charge in [-0.1, -0.05) is 26.0 Å². The Morgan fingerprint density at radius 3 is 2.17 bits per heavy atom. The highest BCUT2D eigenvalue weighted by molar-refractivity contribution is 5.64. The van der Waals surface area contributed by atoms with Gasteiger partial charge in [-0.05, 0) is 47.9 Å². The van der Waals surface area contributed by atoms with Gasteiger partial charge in [-0.25, -0.2) is 4.98 Å². The molecule has 0 spiro atoms. The van der Waals surface area contributed by atoms with E-state index >= 15 is 0 Å². The lowest BCUT2D eigenvalue weighted by molar-refractivity contribution is -0.137. The maximum atomic E-state index is 13.5. The number of nitrogens with one attached hydrogen (secondary N) is 1. The van der Waals surface area contributed by atoms with Crippen molar-refractivity contribution in [3.05, 3.63) is 65.9 Å². The summed E-state index contributed by atoms with van der Waals surface area (Å²) in [5.74, 6) is 0.816. The molecule has 0 saturated carbocycles. The number of nitrogens with zero attached hydrogens (tertiary/aromatic N) is 3. The quantitative estimate of drug-likeness (QED) is 0.523. The van der Waals surface area contributed by atoms with Gasteiger partial charge in [-0.15, -0.1) is 0 Å². The average Bonchev–Trinajstić information content (AvgIpc) is 2.73. The van der Waals surface area contributed by atoms with E-state index in [4.69, 9.17) is 4.74 Å². The van der Waals surface area contributed by atoms with Gasteiger partial charge in [0.05, 0.1) is 7.11 Å². The highest BCUT2D eigenvalue weighted by atomic mass is 19.4. The third kappa shape index (κ3) is 4.82. The molecule has 0 aliphatic carbocycles. The lowest BCUT2D eigenvalue weighted by Gasteiger charge is -2.20. The molecule has 0 aliphatic heterocycles. The molecule has 0 saturated heterocycles. The second-order valence-corrected chi connectivity index (χ2v) is 7.09. The zero-order valence-electron chi connectivity index (χ0n) is 17.2. The van der Waals surface area contributed by atoms with Crippen molar-refractivity contribution in [3.63, 3.8) is 0 Å². The number of anilines is 4. The molecular formula is C22H23F3N4O. The summed E-state index contributed by atoms with van der Waals surface area (Å²) in [6.07, 6.45) is -3.79. The first-order chi connectivity index (χ1) is 14.2. The van der Waals surface area contributed by atoms with E-state index in [9.17, 15) is 13.2 Å². The molecule has 0 aliphatic rings. The van der Waals surface area contributed by atoms with Crippen molar-refractivity contribution in [3.8, 4) is 5.75 Å². The first-order valence-electron chi connectivity index (χ1n) is 9.38. The Hall–Kier alpha value is -3.29. The summed E-state index contributed by atoms with van der Waals surface area (Å²) in [4.78, 5) is 9.75. The van der Waals surface area contributed by atoms with Crippen molar-refractivity contribution in [2.24, 2.45) is 0 Å². The molecule has 0 bridgehead atoms. The largest absolute Gasteiger partial charge is 0.497 e. The fourth-order valence-corrected chi connectivity index (χ4v) is 2.85. The Bertz CT molecular complexity index is 987. The van der Waals surface area contributed by atoms with E-state index in [1.807, 2.05) is 24.3 Å². The number of benzene rings is 2. The number of alkyl halides is 3. The van der Waals surface area contributed by atoms with E-state index in [1.165, 1.54) is 12.7 Å². The summed E-state index contributed by atoms with van der Waals surface area (Å²) in [7, 11) is 3.23. The molecule has 1 N–H and O–H groups in total. The Morgan fingerprint density at radius 2 is 1.63 bits per heavy atom. The van der Waals surface area contributed by atoms with Crippen LogP contribution in [-0.4, -0.2) is 24.1 Å². The second-order valence-electron chi connectivity index (χ2n) is 7.09. The van der Waals surface area contributed by atoms with Crippen LogP contribution in [0.5, 0.6) is 5.75 Å².